The van der Waals surface area contributed by atoms with E-state index < -0.39 is 0 Å². The highest BCUT2D eigenvalue weighted by molar-refractivity contribution is 5.75. The van der Waals surface area contributed by atoms with Crippen LogP contribution in [0.3, 0.4) is 0 Å². The van der Waals surface area contributed by atoms with Gasteiger partial charge in [0.05, 0.1) is 27.2 Å². The number of benzene rings is 2. The minimum absolute atomic E-state index is 0.212. The number of ether oxygens (including phenoxy) is 6. The van der Waals surface area contributed by atoms with Gasteiger partial charge in [0.15, 0.2) is 23.0 Å². The van der Waals surface area contributed by atoms with E-state index in [2.05, 4.69) is 0 Å². The van der Waals surface area contributed by atoms with Gasteiger partial charge in [0.1, 0.15) is 6.10 Å². The van der Waals surface area contributed by atoms with Gasteiger partial charge in [0, 0.05) is 6.42 Å². The Hall–Kier alpha value is -3.09. The van der Waals surface area contributed by atoms with Gasteiger partial charge in [-0.25, -0.2) is 0 Å². The SMILES string of the molecule is COc1cc(C[C@@H]2C[C@H](c3ccc4c(c3)OCO4)OC2=O)cc(OC)c1OC. The van der Waals surface area contributed by atoms with Crippen molar-refractivity contribution in [1.29, 1.82) is 0 Å². The summed E-state index contributed by atoms with van der Waals surface area (Å²) in [5, 5.41) is 0. The molecule has 0 aromatic heterocycles. The zero-order valence-corrected chi connectivity index (χ0v) is 16.0. The van der Waals surface area contributed by atoms with E-state index in [1.165, 1.54) is 0 Å². The van der Waals surface area contributed by atoms with Crippen LogP contribution in [0.4, 0.5) is 0 Å². The molecule has 0 radical (unpaired) electrons. The molecule has 0 amide bonds. The van der Waals surface area contributed by atoms with E-state index in [1.807, 2.05) is 30.3 Å². The Morgan fingerprint density at radius 2 is 1.68 bits per heavy atom. The third-order valence-corrected chi connectivity index (χ3v) is 5.07. The molecule has 7 nitrogen and oxygen atoms in total. The first-order valence-electron chi connectivity index (χ1n) is 9.02. The van der Waals surface area contributed by atoms with Crippen LogP contribution in [-0.4, -0.2) is 34.1 Å². The van der Waals surface area contributed by atoms with E-state index in [4.69, 9.17) is 28.4 Å². The first-order valence-corrected chi connectivity index (χ1v) is 9.02. The molecule has 0 N–H and O–H groups in total. The molecule has 28 heavy (non-hydrogen) atoms. The standard InChI is InChI=1S/C21H22O7/c1-23-18-7-12(8-19(24-2)20(18)25-3)6-14-10-16(28-21(14)22)13-4-5-15-17(9-13)27-11-26-15/h4-5,7-9,14,16H,6,10-11H2,1-3H3/t14-,16-/m1/s1. The highest BCUT2D eigenvalue weighted by Crippen LogP contribution is 2.42. The quantitative estimate of drug-likeness (QED) is 0.706. The maximum Gasteiger partial charge on any atom is 0.310 e. The van der Waals surface area contributed by atoms with Crippen LogP contribution in [0, 0.1) is 5.92 Å². The predicted molar refractivity (Wildman–Crippen MR) is 99.3 cm³/mol. The molecular weight excluding hydrogens is 364 g/mol. The van der Waals surface area contributed by atoms with Crippen LogP contribution in [0.2, 0.25) is 0 Å². The fourth-order valence-corrected chi connectivity index (χ4v) is 3.66. The number of hydrogen-bond donors (Lipinski definition) is 0. The molecule has 2 aromatic carbocycles. The number of carbonyl (C=O) groups is 1. The molecule has 0 spiro atoms. The molecule has 2 heterocycles. The van der Waals surface area contributed by atoms with Crippen LogP contribution in [0.1, 0.15) is 23.7 Å². The molecule has 4 rings (SSSR count). The lowest BCUT2D eigenvalue weighted by Crippen LogP contribution is -2.11. The maximum absolute atomic E-state index is 12.5. The van der Waals surface area contributed by atoms with Crippen LogP contribution in [0.5, 0.6) is 28.7 Å². The van der Waals surface area contributed by atoms with Gasteiger partial charge in [-0.3, -0.25) is 4.79 Å². The number of carbonyl (C=O) groups excluding carboxylic acids is 1. The molecule has 0 aliphatic carbocycles. The Bertz CT molecular complexity index is 867. The number of cyclic esters (lactones) is 1. The summed E-state index contributed by atoms with van der Waals surface area (Å²) in [6.07, 6.45) is 0.820. The van der Waals surface area contributed by atoms with Gasteiger partial charge in [-0.1, -0.05) is 6.07 Å². The molecule has 0 unspecified atom stereocenters. The van der Waals surface area contributed by atoms with Crippen LogP contribution >= 0.6 is 0 Å². The zero-order chi connectivity index (χ0) is 19.7. The highest BCUT2D eigenvalue weighted by atomic mass is 16.7. The molecule has 7 heteroatoms. The zero-order valence-electron chi connectivity index (χ0n) is 16.0. The predicted octanol–water partition coefficient (Wildman–Crippen LogP) is 3.29. The average Bonchev–Trinajstić information content (AvgIpc) is 3.33. The summed E-state index contributed by atoms with van der Waals surface area (Å²) < 4.78 is 32.5. The lowest BCUT2D eigenvalue weighted by molar-refractivity contribution is -0.144. The number of hydrogen-bond acceptors (Lipinski definition) is 7. The van der Waals surface area contributed by atoms with Gasteiger partial charge in [0.25, 0.3) is 0 Å². The largest absolute Gasteiger partial charge is 0.493 e. The molecule has 0 bridgehead atoms. The molecule has 1 fully saturated rings. The van der Waals surface area contributed by atoms with Crippen molar-refractivity contribution >= 4 is 5.97 Å². The van der Waals surface area contributed by atoms with E-state index >= 15 is 0 Å². The molecule has 2 aromatic rings. The van der Waals surface area contributed by atoms with Crippen LogP contribution in [-0.2, 0) is 16.0 Å². The Morgan fingerprint density at radius 3 is 2.36 bits per heavy atom. The summed E-state index contributed by atoms with van der Waals surface area (Å²) in [4.78, 5) is 12.5. The molecule has 0 saturated carbocycles. The summed E-state index contributed by atoms with van der Waals surface area (Å²) in [6.45, 7) is 0.215. The van der Waals surface area contributed by atoms with E-state index in [-0.39, 0.29) is 24.8 Å². The van der Waals surface area contributed by atoms with Gasteiger partial charge >= 0.3 is 5.97 Å². The number of fused-ring (bicyclic) bond motifs is 1. The number of methoxy groups -OCH3 is 3. The summed E-state index contributed by atoms with van der Waals surface area (Å²) >= 11 is 0. The molecule has 148 valence electrons. The average molecular weight is 386 g/mol. The van der Waals surface area contributed by atoms with Gasteiger partial charge in [-0.2, -0.15) is 0 Å². The third-order valence-electron chi connectivity index (χ3n) is 5.07. The Morgan fingerprint density at radius 1 is 0.964 bits per heavy atom. The third kappa shape index (κ3) is 3.28. The minimum atomic E-state index is -0.297. The second-order valence-electron chi connectivity index (χ2n) is 6.71. The van der Waals surface area contributed by atoms with Crippen molar-refractivity contribution in [1.82, 2.24) is 0 Å². The maximum atomic E-state index is 12.5. The van der Waals surface area contributed by atoms with Gasteiger partial charge < -0.3 is 28.4 Å². The molecular formula is C21H22O7. The lowest BCUT2D eigenvalue weighted by atomic mass is 9.93. The van der Waals surface area contributed by atoms with Gasteiger partial charge in [-0.15, -0.1) is 0 Å². The fourth-order valence-electron chi connectivity index (χ4n) is 3.66. The Labute approximate surface area is 163 Å². The summed E-state index contributed by atoms with van der Waals surface area (Å²) in [6, 6.07) is 9.36. The molecule has 2 aliphatic rings. The normalized spacial score (nSPS) is 20.0. The summed E-state index contributed by atoms with van der Waals surface area (Å²) in [5.41, 5.74) is 1.83. The fraction of sp³-hybridized carbons (Fsp3) is 0.381. The smallest absolute Gasteiger partial charge is 0.310 e. The van der Waals surface area contributed by atoms with Crippen molar-refractivity contribution in [2.75, 3.05) is 28.1 Å². The number of rotatable bonds is 6. The van der Waals surface area contributed by atoms with E-state index in [9.17, 15) is 4.79 Å². The second-order valence-corrected chi connectivity index (χ2v) is 6.71. The molecule has 2 atom stereocenters. The Balaban J connectivity index is 1.52. The van der Waals surface area contributed by atoms with Crippen LogP contribution in [0.25, 0.3) is 0 Å². The van der Waals surface area contributed by atoms with Gasteiger partial charge in [0.2, 0.25) is 12.5 Å². The van der Waals surface area contributed by atoms with Crippen molar-refractivity contribution in [3.8, 4) is 28.7 Å². The van der Waals surface area contributed by atoms with E-state index in [1.54, 1.807) is 21.3 Å². The number of esters is 1. The van der Waals surface area contributed by atoms with Crippen LogP contribution < -0.4 is 23.7 Å². The highest BCUT2D eigenvalue weighted by Gasteiger charge is 2.36. The first kappa shape index (κ1) is 18.3. The summed E-state index contributed by atoms with van der Waals surface area (Å²) in [7, 11) is 4.70. The summed E-state index contributed by atoms with van der Waals surface area (Å²) in [5.74, 6) is 2.59. The topological polar surface area (TPSA) is 72.5 Å². The van der Waals surface area contributed by atoms with Crippen molar-refractivity contribution in [2.24, 2.45) is 5.92 Å². The second kappa shape index (κ2) is 7.50. The Kier molecular flexibility index (Phi) is 4.90. The van der Waals surface area contributed by atoms with Gasteiger partial charge in [-0.05, 0) is 41.8 Å². The first-order chi connectivity index (χ1) is 13.6. The van der Waals surface area contributed by atoms with E-state index in [0.29, 0.717) is 41.6 Å². The van der Waals surface area contributed by atoms with Crippen molar-refractivity contribution in [3.63, 3.8) is 0 Å². The minimum Gasteiger partial charge on any atom is -0.493 e. The van der Waals surface area contributed by atoms with E-state index in [0.717, 1.165) is 11.1 Å². The van der Waals surface area contributed by atoms with Crippen LogP contribution in [0.15, 0.2) is 30.3 Å². The lowest BCUT2D eigenvalue weighted by Gasteiger charge is -2.15. The van der Waals surface area contributed by atoms with Crippen molar-refractivity contribution in [3.05, 3.63) is 41.5 Å². The molecule has 2 aliphatic heterocycles. The molecule has 1 saturated heterocycles. The van der Waals surface area contributed by atoms with Crippen molar-refractivity contribution in [2.45, 2.75) is 18.9 Å². The van der Waals surface area contributed by atoms with Crippen molar-refractivity contribution < 1.29 is 33.2 Å². The monoisotopic (exact) mass is 386 g/mol.